The Kier molecular flexibility index (Phi) is 5.26. The van der Waals surface area contributed by atoms with Gasteiger partial charge in [-0.15, -0.1) is 0 Å². The molecule has 0 aromatic carbocycles. The minimum Gasteiger partial charge on any atom is -0.379 e. The van der Waals surface area contributed by atoms with Crippen molar-refractivity contribution in [2.24, 2.45) is 0 Å². The lowest BCUT2D eigenvalue weighted by atomic mass is 10.2. The first-order valence-electron chi connectivity index (χ1n) is 7.12. The highest BCUT2D eigenvalue weighted by molar-refractivity contribution is 5.74. The summed E-state index contributed by atoms with van der Waals surface area (Å²) in [6.45, 7) is 6.40. The van der Waals surface area contributed by atoms with Crippen LogP contribution in [-0.4, -0.2) is 55.9 Å². The topological polar surface area (TPSA) is 53.6 Å². The lowest BCUT2D eigenvalue weighted by molar-refractivity contribution is 0.0209. The molecule has 1 aliphatic heterocycles. The van der Waals surface area contributed by atoms with E-state index in [-0.39, 0.29) is 6.03 Å². The Balaban J connectivity index is 1.61. The maximum Gasteiger partial charge on any atom is 0.315 e. The number of hydrogen-bond donors (Lipinski definition) is 2. The number of carbonyl (C=O) groups is 1. The molecule has 2 rings (SSSR count). The number of nitrogens with one attached hydrogen (secondary N) is 2. The van der Waals surface area contributed by atoms with Gasteiger partial charge in [0.1, 0.15) is 0 Å². The van der Waals surface area contributed by atoms with Crippen LogP contribution in [0, 0.1) is 0 Å². The van der Waals surface area contributed by atoms with Gasteiger partial charge in [0.2, 0.25) is 0 Å². The lowest BCUT2D eigenvalue weighted by Crippen LogP contribution is -2.49. The van der Waals surface area contributed by atoms with E-state index in [9.17, 15) is 4.79 Å². The van der Waals surface area contributed by atoms with E-state index >= 15 is 0 Å². The average molecular weight is 255 g/mol. The number of nitrogens with zero attached hydrogens (tertiary/aromatic N) is 1. The number of hydrogen-bond acceptors (Lipinski definition) is 3. The van der Waals surface area contributed by atoms with Gasteiger partial charge in [0.15, 0.2) is 0 Å². The van der Waals surface area contributed by atoms with Gasteiger partial charge in [-0.2, -0.15) is 0 Å². The van der Waals surface area contributed by atoms with Crippen LogP contribution in [0.5, 0.6) is 0 Å². The predicted octanol–water partition coefficient (Wildman–Crippen LogP) is 0.949. The van der Waals surface area contributed by atoms with Crippen LogP contribution in [0.25, 0.3) is 0 Å². The predicted molar refractivity (Wildman–Crippen MR) is 70.6 cm³/mol. The normalized spacial score (nSPS) is 23.8. The Morgan fingerprint density at radius 1 is 1.33 bits per heavy atom. The van der Waals surface area contributed by atoms with Crippen LogP contribution in [0.3, 0.4) is 0 Å². The highest BCUT2D eigenvalue weighted by atomic mass is 16.5. The maximum absolute atomic E-state index is 11.7. The quantitative estimate of drug-likeness (QED) is 0.786. The summed E-state index contributed by atoms with van der Waals surface area (Å²) in [6, 6.07) is 0.758. The van der Waals surface area contributed by atoms with Gasteiger partial charge in [0.05, 0.1) is 13.2 Å². The number of amides is 2. The van der Waals surface area contributed by atoms with Crippen molar-refractivity contribution >= 4 is 6.03 Å². The van der Waals surface area contributed by atoms with Gasteiger partial charge in [0, 0.05) is 31.7 Å². The van der Waals surface area contributed by atoms with E-state index in [1.807, 2.05) is 0 Å². The molecule has 1 saturated heterocycles. The van der Waals surface area contributed by atoms with Gasteiger partial charge < -0.3 is 15.4 Å². The smallest absolute Gasteiger partial charge is 0.315 e. The molecule has 5 nitrogen and oxygen atoms in total. The molecule has 104 valence electrons. The van der Waals surface area contributed by atoms with E-state index in [1.54, 1.807) is 0 Å². The number of ether oxygens (including phenoxy) is 1. The second-order valence-electron chi connectivity index (χ2n) is 5.33. The molecule has 5 heteroatoms. The van der Waals surface area contributed by atoms with E-state index in [0.29, 0.717) is 18.6 Å². The van der Waals surface area contributed by atoms with Gasteiger partial charge in [0.25, 0.3) is 0 Å². The van der Waals surface area contributed by atoms with Crippen LogP contribution in [0.2, 0.25) is 0 Å². The number of urea groups is 1. The summed E-state index contributed by atoms with van der Waals surface area (Å²) >= 11 is 0. The molecular formula is C13H25N3O2. The molecule has 0 unspecified atom stereocenters. The third-order valence-electron chi connectivity index (χ3n) is 3.92. The summed E-state index contributed by atoms with van der Waals surface area (Å²) in [6.07, 6.45) is 4.75. The number of morpholine rings is 1. The van der Waals surface area contributed by atoms with Crippen LogP contribution in [0.15, 0.2) is 0 Å². The van der Waals surface area contributed by atoms with Crippen LogP contribution in [0.1, 0.15) is 32.6 Å². The van der Waals surface area contributed by atoms with Crippen LogP contribution < -0.4 is 10.6 Å². The third-order valence-corrected chi connectivity index (χ3v) is 3.92. The fourth-order valence-electron chi connectivity index (χ4n) is 2.69. The second-order valence-corrected chi connectivity index (χ2v) is 5.33. The second kappa shape index (κ2) is 6.95. The zero-order valence-corrected chi connectivity index (χ0v) is 11.3. The Bertz CT molecular complexity index is 261. The van der Waals surface area contributed by atoms with E-state index < -0.39 is 0 Å². The summed E-state index contributed by atoms with van der Waals surface area (Å²) in [5.41, 5.74) is 0. The van der Waals surface area contributed by atoms with Crippen molar-refractivity contribution in [2.45, 2.75) is 44.7 Å². The van der Waals surface area contributed by atoms with Crippen molar-refractivity contribution < 1.29 is 9.53 Å². The van der Waals surface area contributed by atoms with Crippen molar-refractivity contribution in [1.82, 2.24) is 15.5 Å². The standard InChI is InChI=1S/C13H25N3O2/c1-11(16-6-8-18-9-7-16)10-14-13(17)15-12-4-2-3-5-12/h11-12H,2-10H2,1H3,(H2,14,15,17)/t11-/m0/s1. The summed E-state index contributed by atoms with van der Waals surface area (Å²) in [5, 5.41) is 6.02. The highest BCUT2D eigenvalue weighted by Crippen LogP contribution is 2.17. The molecule has 0 aromatic rings. The van der Waals surface area contributed by atoms with Gasteiger partial charge in [-0.25, -0.2) is 4.79 Å². The SMILES string of the molecule is C[C@@H](CNC(=O)NC1CCCC1)N1CCOCC1. The molecule has 0 radical (unpaired) electrons. The molecular weight excluding hydrogens is 230 g/mol. The largest absolute Gasteiger partial charge is 0.379 e. The minimum atomic E-state index is -0.0120. The molecule has 1 aliphatic carbocycles. The molecule has 1 atom stereocenters. The molecule has 2 aliphatic rings. The van der Waals surface area contributed by atoms with Crippen LogP contribution in [-0.2, 0) is 4.74 Å². The molecule has 2 N–H and O–H groups in total. The Labute approximate surface area is 109 Å². The maximum atomic E-state index is 11.7. The lowest BCUT2D eigenvalue weighted by Gasteiger charge is -2.32. The Morgan fingerprint density at radius 2 is 2.00 bits per heavy atom. The fourth-order valence-corrected chi connectivity index (χ4v) is 2.69. The number of carbonyl (C=O) groups excluding carboxylic acids is 1. The van der Waals surface area contributed by atoms with Crippen LogP contribution in [0.4, 0.5) is 4.79 Å². The van der Waals surface area contributed by atoms with Gasteiger partial charge >= 0.3 is 6.03 Å². The van der Waals surface area contributed by atoms with Crippen molar-refractivity contribution in [3.8, 4) is 0 Å². The first kappa shape index (κ1) is 13.6. The third kappa shape index (κ3) is 4.14. The summed E-state index contributed by atoms with van der Waals surface area (Å²) in [5.74, 6) is 0. The minimum absolute atomic E-state index is 0.0120. The monoisotopic (exact) mass is 255 g/mol. The molecule has 0 aromatic heterocycles. The summed E-state index contributed by atoms with van der Waals surface area (Å²) in [7, 11) is 0. The molecule has 0 spiro atoms. The average Bonchev–Trinajstić information content (AvgIpc) is 2.90. The summed E-state index contributed by atoms with van der Waals surface area (Å²) < 4.78 is 5.32. The van der Waals surface area contributed by atoms with Gasteiger partial charge in [-0.3, -0.25) is 4.90 Å². The van der Waals surface area contributed by atoms with Crippen molar-refractivity contribution in [3.05, 3.63) is 0 Å². The first-order valence-corrected chi connectivity index (χ1v) is 7.12. The van der Waals surface area contributed by atoms with Gasteiger partial charge in [-0.05, 0) is 19.8 Å². The number of rotatable bonds is 4. The molecule has 0 bridgehead atoms. The fraction of sp³-hybridized carbons (Fsp3) is 0.923. The van der Waals surface area contributed by atoms with Gasteiger partial charge in [-0.1, -0.05) is 12.8 Å². The molecule has 18 heavy (non-hydrogen) atoms. The zero-order chi connectivity index (χ0) is 12.8. The van der Waals surface area contributed by atoms with E-state index in [4.69, 9.17) is 4.74 Å². The van der Waals surface area contributed by atoms with Crippen LogP contribution >= 0.6 is 0 Å². The Hall–Kier alpha value is -0.810. The summed E-state index contributed by atoms with van der Waals surface area (Å²) in [4.78, 5) is 14.1. The Morgan fingerprint density at radius 3 is 2.67 bits per heavy atom. The molecule has 1 saturated carbocycles. The van der Waals surface area contributed by atoms with Crippen molar-refractivity contribution in [2.75, 3.05) is 32.8 Å². The highest BCUT2D eigenvalue weighted by Gasteiger charge is 2.19. The molecule has 1 heterocycles. The van der Waals surface area contributed by atoms with E-state index in [0.717, 1.165) is 39.1 Å². The molecule has 2 fully saturated rings. The van der Waals surface area contributed by atoms with E-state index in [1.165, 1.54) is 12.8 Å². The van der Waals surface area contributed by atoms with E-state index in [2.05, 4.69) is 22.5 Å². The first-order chi connectivity index (χ1) is 8.75. The van der Waals surface area contributed by atoms with Crippen molar-refractivity contribution in [3.63, 3.8) is 0 Å². The zero-order valence-electron chi connectivity index (χ0n) is 11.3. The molecule has 2 amide bonds. The van der Waals surface area contributed by atoms with Crippen molar-refractivity contribution in [1.29, 1.82) is 0 Å².